The Kier molecular flexibility index (Phi) is 10.0. The molecule has 0 aromatic carbocycles. The maximum atomic E-state index is 14.5. The molecule has 1 N–H and O–H groups in total. The number of pyridine rings is 1. The second-order valence-electron chi connectivity index (χ2n) is 15.9. The van der Waals surface area contributed by atoms with Gasteiger partial charge in [-0.25, -0.2) is 0 Å². The van der Waals surface area contributed by atoms with Crippen molar-refractivity contribution in [2.75, 3.05) is 59.1 Å². The van der Waals surface area contributed by atoms with Crippen LogP contribution in [0.5, 0.6) is 0 Å². The first-order chi connectivity index (χ1) is 24.0. The van der Waals surface area contributed by atoms with E-state index in [1.807, 2.05) is 41.2 Å². The van der Waals surface area contributed by atoms with Crippen LogP contribution in [0.3, 0.4) is 0 Å². The zero-order valence-electron chi connectivity index (χ0n) is 29.4. The van der Waals surface area contributed by atoms with E-state index in [0.717, 1.165) is 32.1 Å². The Bertz CT molecular complexity index is 1530. The first-order valence-corrected chi connectivity index (χ1v) is 19.1. The highest BCUT2D eigenvalue weighted by Gasteiger charge is 2.62. The number of hydrogen-bond donors (Lipinski definition) is 1. The standard InChI is InChI=1S/C37H50N6O6S/c1-24(49-19-25-8-14-48-15-9-25)31(35(47)41-12-6-27(7-13-41)26-4-10-38-11-5-26)40-32(44)29-18-42(34(46)30-17-39-23-50-30)20-37(29)21-43(22-37)33(45)28-16-36(28,2)3/h4-5,10-11,17,23-25,27-29,31H,6-9,12-16,18-22H2,1-3H3,(H,40,44)/t24?,28-,29+,31+/m1/s1. The molecule has 5 fully saturated rings. The number of carbonyl (C=O) groups is 4. The number of aromatic nitrogens is 2. The van der Waals surface area contributed by atoms with E-state index in [4.69, 9.17) is 9.47 Å². The summed E-state index contributed by atoms with van der Waals surface area (Å²) in [5, 5.41) is 3.16. The third-order valence-electron chi connectivity index (χ3n) is 12.0. The van der Waals surface area contributed by atoms with Crippen LogP contribution in [0.25, 0.3) is 0 Å². The van der Waals surface area contributed by atoms with Crippen LogP contribution in [-0.2, 0) is 23.9 Å². The van der Waals surface area contributed by atoms with E-state index in [0.29, 0.717) is 69.3 Å². The molecule has 13 heteroatoms. The fraction of sp³-hybridized carbons (Fsp3) is 0.676. The number of nitrogens with one attached hydrogen (secondary N) is 1. The zero-order chi connectivity index (χ0) is 35.0. The minimum Gasteiger partial charge on any atom is -0.381 e. The topological polar surface area (TPSA) is 134 Å². The molecule has 4 atom stereocenters. The molecule has 270 valence electrons. The predicted octanol–water partition coefficient (Wildman–Crippen LogP) is 3.21. The Morgan fingerprint density at radius 1 is 0.980 bits per heavy atom. The third-order valence-corrected chi connectivity index (χ3v) is 12.7. The molecule has 12 nitrogen and oxygen atoms in total. The summed E-state index contributed by atoms with van der Waals surface area (Å²) in [4.78, 5) is 69.8. The van der Waals surface area contributed by atoms with Crippen molar-refractivity contribution in [3.8, 4) is 0 Å². The molecule has 2 aromatic heterocycles. The van der Waals surface area contributed by atoms with Crippen LogP contribution in [0, 0.1) is 28.6 Å². The zero-order valence-corrected chi connectivity index (χ0v) is 30.2. The molecule has 4 saturated heterocycles. The van der Waals surface area contributed by atoms with Gasteiger partial charge in [0.1, 0.15) is 10.9 Å². The largest absolute Gasteiger partial charge is 0.381 e. The fourth-order valence-corrected chi connectivity index (χ4v) is 9.04. The summed E-state index contributed by atoms with van der Waals surface area (Å²) < 4.78 is 11.9. The number of nitrogens with zero attached hydrogens (tertiary/aromatic N) is 5. The van der Waals surface area contributed by atoms with Crippen molar-refractivity contribution in [2.45, 2.75) is 70.9 Å². The molecular formula is C37H50N6O6S. The molecule has 1 aliphatic carbocycles. The number of carbonyl (C=O) groups excluding carboxylic acids is 4. The lowest BCUT2D eigenvalue weighted by Crippen LogP contribution is -2.65. The van der Waals surface area contributed by atoms with Gasteiger partial charge < -0.3 is 29.5 Å². The molecule has 0 radical (unpaired) electrons. The van der Waals surface area contributed by atoms with Crippen molar-refractivity contribution in [3.05, 3.63) is 46.7 Å². The molecular weight excluding hydrogens is 657 g/mol. The summed E-state index contributed by atoms with van der Waals surface area (Å²) in [5.74, 6) is -0.324. The van der Waals surface area contributed by atoms with Crippen LogP contribution in [0.4, 0.5) is 0 Å². The van der Waals surface area contributed by atoms with Crippen LogP contribution in [0.2, 0.25) is 0 Å². The quantitative estimate of drug-likeness (QED) is 0.399. The van der Waals surface area contributed by atoms with Gasteiger partial charge in [-0.05, 0) is 74.0 Å². The molecule has 4 aliphatic heterocycles. The maximum absolute atomic E-state index is 14.5. The van der Waals surface area contributed by atoms with Crippen LogP contribution >= 0.6 is 11.3 Å². The molecule has 5 aliphatic rings. The lowest BCUT2D eigenvalue weighted by molar-refractivity contribution is -0.153. The van der Waals surface area contributed by atoms with E-state index in [2.05, 4.69) is 29.1 Å². The van der Waals surface area contributed by atoms with Crippen LogP contribution in [0.1, 0.15) is 74.0 Å². The van der Waals surface area contributed by atoms with E-state index in [1.54, 1.807) is 16.6 Å². The summed E-state index contributed by atoms with van der Waals surface area (Å²) in [6, 6.07) is 3.20. The normalized spacial score (nSPS) is 25.9. The first kappa shape index (κ1) is 35.0. The predicted molar refractivity (Wildman–Crippen MR) is 186 cm³/mol. The Balaban J connectivity index is 1.07. The van der Waals surface area contributed by atoms with Crippen molar-refractivity contribution >= 4 is 35.0 Å². The summed E-state index contributed by atoms with van der Waals surface area (Å²) in [6.07, 6.45) is 8.95. The Hall–Kier alpha value is -3.42. The van der Waals surface area contributed by atoms with Gasteiger partial charge in [-0.15, -0.1) is 11.3 Å². The minimum absolute atomic E-state index is 0.00159. The number of thiazole rings is 1. The Morgan fingerprint density at radius 2 is 1.66 bits per heavy atom. The SMILES string of the molecule is CC(OCC1CCOCC1)[C@H](NC(=O)[C@@H]1CN(C(=O)c2cncs2)CC12CN(C(=O)[C@H]1CC1(C)C)C2)C(=O)N1CCC(c2ccncc2)CC1. The van der Waals surface area contributed by atoms with Crippen LogP contribution in [-0.4, -0.2) is 120 Å². The van der Waals surface area contributed by atoms with Gasteiger partial charge in [0.05, 0.1) is 30.3 Å². The van der Waals surface area contributed by atoms with Crippen molar-refractivity contribution < 1.29 is 28.7 Å². The summed E-state index contributed by atoms with van der Waals surface area (Å²) in [7, 11) is 0. The molecule has 0 bridgehead atoms. The highest BCUT2D eigenvalue weighted by atomic mass is 32.1. The number of ether oxygens (including phenoxy) is 2. The van der Waals surface area contributed by atoms with E-state index < -0.39 is 23.5 Å². The molecule has 4 amide bonds. The number of amides is 4. The fourth-order valence-electron chi connectivity index (χ4n) is 8.46. The minimum atomic E-state index is -0.881. The van der Waals surface area contributed by atoms with E-state index >= 15 is 0 Å². The van der Waals surface area contributed by atoms with Gasteiger partial charge >= 0.3 is 0 Å². The average molecular weight is 707 g/mol. The monoisotopic (exact) mass is 706 g/mol. The van der Waals surface area contributed by atoms with Gasteiger partial charge in [0.25, 0.3) is 5.91 Å². The third kappa shape index (κ3) is 7.18. The van der Waals surface area contributed by atoms with Gasteiger partial charge in [0.2, 0.25) is 17.7 Å². The van der Waals surface area contributed by atoms with Crippen molar-refractivity contribution in [1.29, 1.82) is 0 Å². The van der Waals surface area contributed by atoms with Crippen LogP contribution in [0.15, 0.2) is 36.2 Å². The molecule has 7 rings (SSSR count). The summed E-state index contributed by atoms with van der Waals surface area (Å²) in [6.45, 7) is 10.6. The van der Waals surface area contributed by atoms with Gasteiger partial charge in [0.15, 0.2) is 0 Å². The highest BCUT2D eigenvalue weighted by molar-refractivity contribution is 7.11. The van der Waals surface area contributed by atoms with Gasteiger partial charge in [0, 0.05) is 76.2 Å². The lowest BCUT2D eigenvalue weighted by atomic mass is 9.70. The summed E-state index contributed by atoms with van der Waals surface area (Å²) in [5.41, 5.74) is 2.28. The number of likely N-dealkylation sites (tertiary alicyclic amines) is 3. The van der Waals surface area contributed by atoms with E-state index in [-0.39, 0.29) is 41.5 Å². The van der Waals surface area contributed by atoms with Gasteiger partial charge in [-0.2, -0.15) is 0 Å². The lowest BCUT2D eigenvalue weighted by Gasteiger charge is -2.50. The molecule has 1 unspecified atom stereocenters. The van der Waals surface area contributed by atoms with Crippen molar-refractivity contribution in [2.24, 2.45) is 28.6 Å². The Morgan fingerprint density at radius 3 is 2.30 bits per heavy atom. The first-order valence-electron chi connectivity index (χ1n) is 18.2. The van der Waals surface area contributed by atoms with E-state index in [1.165, 1.54) is 16.9 Å². The molecule has 1 spiro atoms. The van der Waals surface area contributed by atoms with Crippen molar-refractivity contribution in [3.63, 3.8) is 0 Å². The number of hydrogen-bond acceptors (Lipinski definition) is 9. The number of rotatable bonds is 10. The summed E-state index contributed by atoms with van der Waals surface area (Å²) >= 11 is 1.28. The molecule has 1 saturated carbocycles. The maximum Gasteiger partial charge on any atom is 0.265 e. The molecule has 2 aromatic rings. The smallest absolute Gasteiger partial charge is 0.265 e. The average Bonchev–Trinajstić information content (AvgIpc) is 3.47. The second-order valence-corrected chi connectivity index (χ2v) is 16.8. The molecule has 6 heterocycles. The number of piperidine rings is 1. The van der Waals surface area contributed by atoms with Crippen molar-refractivity contribution in [1.82, 2.24) is 30.0 Å². The molecule has 50 heavy (non-hydrogen) atoms. The highest BCUT2D eigenvalue weighted by Crippen LogP contribution is 2.54. The Labute approximate surface area is 298 Å². The van der Waals surface area contributed by atoms with E-state index in [9.17, 15) is 19.2 Å². The van der Waals surface area contributed by atoms with Gasteiger partial charge in [-0.3, -0.25) is 29.1 Å². The second kappa shape index (κ2) is 14.3. The van der Waals surface area contributed by atoms with Crippen LogP contribution < -0.4 is 5.32 Å². The van der Waals surface area contributed by atoms with Gasteiger partial charge in [-0.1, -0.05) is 13.8 Å².